The molecule has 3 aromatic rings. The van der Waals surface area contributed by atoms with E-state index < -0.39 is 0 Å². The van der Waals surface area contributed by atoms with Crippen molar-refractivity contribution < 1.29 is 9.69 Å². The van der Waals surface area contributed by atoms with Crippen molar-refractivity contribution in [1.82, 2.24) is 9.55 Å². The Morgan fingerprint density at radius 2 is 1.77 bits per heavy atom. The van der Waals surface area contributed by atoms with Crippen LogP contribution in [-0.2, 0) is 6.54 Å². The summed E-state index contributed by atoms with van der Waals surface area (Å²) in [6, 6.07) is 15.6. The van der Waals surface area contributed by atoms with Crippen LogP contribution in [-0.4, -0.2) is 35.1 Å². The number of fused-ring (bicyclic) bond motifs is 1. The minimum atomic E-state index is -0.128. The summed E-state index contributed by atoms with van der Waals surface area (Å²) >= 11 is 0. The molecular formula is C21H27N4O+. The number of rotatable bonds is 7. The second kappa shape index (κ2) is 8.15. The maximum Gasteiger partial charge on any atom is 0.257 e. The number of benzene rings is 2. The number of aromatic nitrogens is 2. The summed E-state index contributed by atoms with van der Waals surface area (Å²) in [6.07, 6.45) is 0. The number of anilines is 1. The molecule has 0 atom stereocenters. The number of amides is 1. The van der Waals surface area contributed by atoms with E-state index in [1.807, 2.05) is 49.4 Å². The molecular weight excluding hydrogens is 324 g/mol. The van der Waals surface area contributed by atoms with Crippen LogP contribution in [0.15, 0.2) is 48.5 Å². The number of carbonyl (C=O) groups is 1. The van der Waals surface area contributed by atoms with E-state index in [2.05, 4.69) is 34.8 Å². The first-order valence-electron chi connectivity index (χ1n) is 9.29. The molecule has 2 aromatic carbocycles. The number of hydrogen-bond acceptors (Lipinski definition) is 2. The number of likely N-dealkylation sites (N-methyl/N-ethyl adjacent to an activating group) is 1. The normalized spacial score (nSPS) is 11.2. The Hall–Kier alpha value is -2.66. The lowest BCUT2D eigenvalue weighted by atomic mass is 10.1. The van der Waals surface area contributed by atoms with Crippen molar-refractivity contribution in [2.24, 2.45) is 0 Å². The highest BCUT2D eigenvalue weighted by molar-refractivity contribution is 6.04. The van der Waals surface area contributed by atoms with E-state index in [1.165, 1.54) is 4.90 Å². The predicted octanol–water partition coefficient (Wildman–Crippen LogP) is 2.52. The summed E-state index contributed by atoms with van der Waals surface area (Å²) in [4.78, 5) is 18.8. The average Bonchev–Trinajstić information content (AvgIpc) is 3.00. The molecule has 0 aliphatic rings. The van der Waals surface area contributed by atoms with E-state index in [1.54, 1.807) is 0 Å². The van der Waals surface area contributed by atoms with Crippen LogP contribution in [0.4, 0.5) is 5.95 Å². The molecule has 0 radical (unpaired) electrons. The maximum atomic E-state index is 12.6. The van der Waals surface area contributed by atoms with Gasteiger partial charge in [-0.3, -0.25) is 10.1 Å². The van der Waals surface area contributed by atoms with Gasteiger partial charge in [0.2, 0.25) is 5.95 Å². The molecule has 2 N–H and O–H groups in total. The monoisotopic (exact) mass is 351 g/mol. The fraction of sp³-hybridized carbons (Fsp3) is 0.333. The molecule has 5 heteroatoms. The van der Waals surface area contributed by atoms with Gasteiger partial charge < -0.3 is 9.47 Å². The van der Waals surface area contributed by atoms with E-state index in [0.717, 1.165) is 42.8 Å². The summed E-state index contributed by atoms with van der Waals surface area (Å²) < 4.78 is 2.12. The zero-order chi connectivity index (χ0) is 18.5. The number of nitrogens with one attached hydrogen (secondary N) is 2. The second-order valence-corrected chi connectivity index (χ2v) is 6.60. The Balaban J connectivity index is 1.87. The van der Waals surface area contributed by atoms with E-state index in [9.17, 15) is 4.79 Å². The maximum absolute atomic E-state index is 12.6. The molecule has 3 rings (SSSR count). The van der Waals surface area contributed by atoms with E-state index in [4.69, 9.17) is 0 Å². The standard InChI is InChI=1S/C21H26N4O/c1-4-24(5-2)14-15-25-19-9-7-6-8-18(19)22-21(25)23-20(26)17-12-10-16(3)11-13-17/h6-13H,4-5,14-15H2,1-3H3,(H,22,23,26)/p+1. The van der Waals surface area contributed by atoms with Crippen LogP contribution < -0.4 is 10.2 Å². The van der Waals surface area contributed by atoms with Crippen molar-refractivity contribution >= 4 is 22.9 Å². The highest BCUT2D eigenvalue weighted by Crippen LogP contribution is 2.20. The second-order valence-electron chi connectivity index (χ2n) is 6.60. The van der Waals surface area contributed by atoms with Crippen molar-refractivity contribution in [2.75, 3.05) is 25.0 Å². The lowest BCUT2D eigenvalue weighted by molar-refractivity contribution is -0.897. The Kier molecular flexibility index (Phi) is 5.68. The number of carbonyl (C=O) groups excluding carboxylic acids is 1. The summed E-state index contributed by atoms with van der Waals surface area (Å²) in [5, 5.41) is 3.00. The largest absolute Gasteiger partial charge is 0.334 e. The molecule has 0 fully saturated rings. The van der Waals surface area contributed by atoms with Crippen LogP contribution in [0.3, 0.4) is 0 Å². The van der Waals surface area contributed by atoms with Crippen LogP contribution in [0.1, 0.15) is 29.8 Å². The Morgan fingerprint density at radius 1 is 1.08 bits per heavy atom. The third kappa shape index (κ3) is 3.94. The van der Waals surface area contributed by atoms with Crippen LogP contribution in [0, 0.1) is 6.92 Å². The van der Waals surface area contributed by atoms with Crippen molar-refractivity contribution in [3.05, 3.63) is 59.7 Å². The number of nitrogens with zero attached hydrogens (tertiary/aromatic N) is 2. The first-order chi connectivity index (χ1) is 12.6. The molecule has 0 saturated carbocycles. The van der Waals surface area contributed by atoms with Crippen molar-refractivity contribution in [2.45, 2.75) is 27.3 Å². The van der Waals surface area contributed by atoms with Crippen molar-refractivity contribution in [3.8, 4) is 0 Å². The first kappa shape index (κ1) is 18.1. The molecule has 136 valence electrons. The smallest absolute Gasteiger partial charge is 0.257 e. The van der Waals surface area contributed by atoms with Gasteiger partial charge in [-0.05, 0) is 45.0 Å². The van der Waals surface area contributed by atoms with Crippen molar-refractivity contribution in [1.29, 1.82) is 0 Å². The molecule has 0 aliphatic heterocycles. The van der Waals surface area contributed by atoms with Gasteiger partial charge in [0.1, 0.15) is 0 Å². The van der Waals surface area contributed by atoms with Gasteiger partial charge in [-0.25, -0.2) is 4.98 Å². The number of aryl methyl sites for hydroxylation is 1. The van der Waals surface area contributed by atoms with E-state index in [-0.39, 0.29) is 5.91 Å². The molecule has 1 amide bonds. The quantitative estimate of drug-likeness (QED) is 0.687. The van der Waals surface area contributed by atoms with Gasteiger partial charge in [0, 0.05) is 5.56 Å². The minimum absolute atomic E-state index is 0.128. The third-order valence-electron chi connectivity index (χ3n) is 4.88. The fourth-order valence-electron chi connectivity index (χ4n) is 3.15. The minimum Gasteiger partial charge on any atom is -0.334 e. The predicted molar refractivity (Wildman–Crippen MR) is 106 cm³/mol. The molecule has 5 nitrogen and oxygen atoms in total. The summed E-state index contributed by atoms with van der Waals surface area (Å²) in [5.74, 6) is 0.486. The van der Waals surface area contributed by atoms with Gasteiger partial charge in [-0.1, -0.05) is 29.8 Å². The number of quaternary nitrogens is 1. The topological polar surface area (TPSA) is 51.4 Å². The zero-order valence-electron chi connectivity index (χ0n) is 15.7. The number of para-hydroxylation sites is 2. The van der Waals surface area contributed by atoms with Gasteiger partial charge in [-0.15, -0.1) is 0 Å². The summed E-state index contributed by atoms with van der Waals surface area (Å²) in [6.45, 7) is 10.4. The van der Waals surface area contributed by atoms with Gasteiger partial charge in [0.25, 0.3) is 5.91 Å². The zero-order valence-corrected chi connectivity index (χ0v) is 15.7. The van der Waals surface area contributed by atoms with E-state index >= 15 is 0 Å². The molecule has 0 spiro atoms. The Morgan fingerprint density at radius 3 is 2.46 bits per heavy atom. The van der Waals surface area contributed by atoms with Gasteiger partial charge in [0.05, 0.1) is 37.2 Å². The highest BCUT2D eigenvalue weighted by Gasteiger charge is 2.15. The number of hydrogen-bond donors (Lipinski definition) is 2. The van der Waals surface area contributed by atoms with Crippen molar-refractivity contribution in [3.63, 3.8) is 0 Å². The average molecular weight is 351 g/mol. The lowest BCUT2D eigenvalue weighted by Gasteiger charge is -2.17. The molecule has 1 heterocycles. The van der Waals surface area contributed by atoms with Gasteiger partial charge in [0.15, 0.2) is 0 Å². The number of imidazole rings is 1. The lowest BCUT2D eigenvalue weighted by Crippen LogP contribution is -3.11. The third-order valence-corrected chi connectivity index (χ3v) is 4.88. The summed E-state index contributed by atoms with van der Waals surface area (Å²) in [5.41, 5.74) is 3.74. The van der Waals surface area contributed by atoms with Gasteiger partial charge >= 0.3 is 0 Å². The fourth-order valence-corrected chi connectivity index (χ4v) is 3.15. The molecule has 0 saturated heterocycles. The molecule has 0 aliphatic carbocycles. The van der Waals surface area contributed by atoms with Gasteiger partial charge in [-0.2, -0.15) is 0 Å². The first-order valence-corrected chi connectivity index (χ1v) is 9.29. The molecule has 0 unspecified atom stereocenters. The molecule has 0 bridgehead atoms. The SMILES string of the molecule is CC[NH+](CC)CCn1c(NC(=O)c2ccc(C)cc2)nc2ccccc21. The van der Waals surface area contributed by atoms with Crippen LogP contribution in [0.25, 0.3) is 11.0 Å². The van der Waals surface area contributed by atoms with E-state index in [0.29, 0.717) is 11.5 Å². The molecule has 26 heavy (non-hydrogen) atoms. The van der Waals surface area contributed by atoms with Crippen LogP contribution in [0.5, 0.6) is 0 Å². The Bertz CT molecular complexity index is 879. The summed E-state index contributed by atoms with van der Waals surface area (Å²) in [7, 11) is 0. The Labute approximate surface area is 154 Å². The highest BCUT2D eigenvalue weighted by atomic mass is 16.1. The molecule has 1 aromatic heterocycles. The van der Waals surface area contributed by atoms with Crippen LogP contribution in [0.2, 0.25) is 0 Å². The van der Waals surface area contributed by atoms with Crippen LogP contribution >= 0.6 is 0 Å².